The van der Waals surface area contributed by atoms with E-state index in [4.69, 9.17) is 9.72 Å². The van der Waals surface area contributed by atoms with Crippen LogP contribution in [0.5, 0.6) is 5.75 Å². The molecule has 1 N–H and O–H groups in total. The molecule has 1 aliphatic rings. The van der Waals surface area contributed by atoms with Crippen molar-refractivity contribution in [3.63, 3.8) is 0 Å². The van der Waals surface area contributed by atoms with E-state index < -0.39 is 0 Å². The van der Waals surface area contributed by atoms with Gasteiger partial charge in [-0.05, 0) is 53.9 Å². The highest BCUT2D eigenvalue weighted by atomic mass is 32.1. The molecule has 2 aromatic carbocycles. The summed E-state index contributed by atoms with van der Waals surface area (Å²) in [5, 5.41) is 0.789. The Morgan fingerprint density at radius 2 is 1.94 bits per heavy atom. The van der Waals surface area contributed by atoms with Gasteiger partial charge in [0, 0.05) is 10.4 Å². The summed E-state index contributed by atoms with van der Waals surface area (Å²) < 4.78 is 5.96. The molecule has 164 valence electrons. The third-order valence-electron chi connectivity index (χ3n) is 6.50. The lowest BCUT2D eigenvalue weighted by Crippen LogP contribution is -2.26. The monoisotopic (exact) mass is 444 g/mol. The van der Waals surface area contributed by atoms with Crippen molar-refractivity contribution >= 4 is 21.6 Å². The highest BCUT2D eigenvalue weighted by Gasteiger charge is 2.31. The summed E-state index contributed by atoms with van der Waals surface area (Å²) in [5.41, 5.74) is 3.43. The number of aryl methyl sites for hydroxylation is 1. The minimum absolute atomic E-state index is 0.0349. The van der Waals surface area contributed by atoms with Gasteiger partial charge >= 0.3 is 0 Å². The number of nitrogens with one attached hydrogen (secondary N) is 1. The van der Waals surface area contributed by atoms with E-state index in [9.17, 15) is 4.79 Å². The lowest BCUT2D eigenvalue weighted by atomic mass is 9.72. The Morgan fingerprint density at radius 3 is 2.72 bits per heavy atom. The molecule has 0 bridgehead atoms. The fourth-order valence-corrected chi connectivity index (χ4v) is 5.83. The molecule has 5 heteroatoms. The zero-order valence-corrected chi connectivity index (χ0v) is 19.6. The summed E-state index contributed by atoms with van der Waals surface area (Å²) in [6, 6.07) is 17.9. The highest BCUT2D eigenvalue weighted by Crippen LogP contribution is 2.42. The van der Waals surface area contributed by atoms with Crippen molar-refractivity contribution in [2.75, 3.05) is 0 Å². The topological polar surface area (TPSA) is 55.0 Å². The van der Waals surface area contributed by atoms with Crippen LogP contribution in [0.15, 0.2) is 59.4 Å². The Kier molecular flexibility index (Phi) is 5.38. The lowest BCUT2D eigenvalue weighted by molar-refractivity contribution is 0.218. The van der Waals surface area contributed by atoms with E-state index >= 15 is 0 Å². The largest absolute Gasteiger partial charge is 0.489 e. The van der Waals surface area contributed by atoms with Gasteiger partial charge in [-0.15, -0.1) is 11.3 Å². The van der Waals surface area contributed by atoms with Gasteiger partial charge in [0.05, 0.1) is 5.39 Å². The second-order valence-electron chi connectivity index (χ2n) is 9.71. The quantitative estimate of drug-likeness (QED) is 0.397. The SMILES string of the molecule is CC(C)(C)C1CCc2c(sc3nc(-c4cccc(OCc5ccccc5)c4)[nH]c(=O)c23)C1. The van der Waals surface area contributed by atoms with Gasteiger partial charge in [0.1, 0.15) is 23.0 Å². The molecule has 1 atom stereocenters. The minimum atomic E-state index is -0.0349. The minimum Gasteiger partial charge on any atom is -0.489 e. The maximum absolute atomic E-state index is 13.1. The van der Waals surface area contributed by atoms with Crippen molar-refractivity contribution in [3.05, 3.63) is 81.0 Å². The second-order valence-corrected chi connectivity index (χ2v) is 10.8. The average molecular weight is 445 g/mol. The maximum atomic E-state index is 13.1. The number of fused-ring (bicyclic) bond motifs is 3. The fraction of sp³-hybridized carbons (Fsp3) is 0.333. The summed E-state index contributed by atoms with van der Waals surface area (Å²) in [4.78, 5) is 23.1. The van der Waals surface area contributed by atoms with E-state index in [0.717, 1.165) is 46.4 Å². The first-order valence-corrected chi connectivity index (χ1v) is 12.0. The summed E-state index contributed by atoms with van der Waals surface area (Å²) in [6.07, 6.45) is 3.13. The molecule has 2 aromatic heterocycles. The Balaban J connectivity index is 1.45. The van der Waals surface area contributed by atoms with Gasteiger partial charge in [-0.2, -0.15) is 0 Å². The average Bonchev–Trinajstić information content (AvgIpc) is 3.16. The molecule has 0 aliphatic heterocycles. The first-order chi connectivity index (χ1) is 15.4. The van der Waals surface area contributed by atoms with Gasteiger partial charge in [0.25, 0.3) is 5.56 Å². The number of hydrogen-bond donors (Lipinski definition) is 1. The summed E-state index contributed by atoms with van der Waals surface area (Å²) in [7, 11) is 0. The Labute approximate surface area is 192 Å². The first kappa shape index (κ1) is 21.0. The van der Waals surface area contributed by atoms with Crippen LogP contribution in [0.1, 0.15) is 43.2 Å². The number of aromatic amines is 1. The molecule has 1 unspecified atom stereocenters. The summed E-state index contributed by atoms with van der Waals surface area (Å²) >= 11 is 1.69. The molecule has 0 saturated carbocycles. The number of benzene rings is 2. The van der Waals surface area contributed by atoms with Crippen LogP contribution in [0, 0.1) is 11.3 Å². The number of nitrogens with zero attached hydrogens (tertiary/aromatic N) is 1. The Morgan fingerprint density at radius 1 is 1.12 bits per heavy atom. The van der Waals surface area contributed by atoms with Crippen molar-refractivity contribution in [1.82, 2.24) is 9.97 Å². The molecule has 0 spiro atoms. The van der Waals surface area contributed by atoms with Crippen LogP contribution in [0.25, 0.3) is 21.6 Å². The third kappa shape index (κ3) is 4.09. The number of H-pyrrole nitrogens is 1. The molecular weight excluding hydrogens is 416 g/mol. The van der Waals surface area contributed by atoms with Crippen LogP contribution in [-0.4, -0.2) is 9.97 Å². The van der Waals surface area contributed by atoms with Crippen LogP contribution in [-0.2, 0) is 19.4 Å². The molecule has 32 heavy (non-hydrogen) atoms. The molecule has 4 aromatic rings. The van der Waals surface area contributed by atoms with E-state index in [1.807, 2.05) is 54.6 Å². The molecule has 2 heterocycles. The van der Waals surface area contributed by atoms with Crippen LogP contribution < -0.4 is 10.3 Å². The molecule has 0 fully saturated rings. The van der Waals surface area contributed by atoms with E-state index in [1.165, 1.54) is 10.4 Å². The maximum Gasteiger partial charge on any atom is 0.260 e. The van der Waals surface area contributed by atoms with Crippen molar-refractivity contribution in [2.45, 2.75) is 46.6 Å². The number of ether oxygens (including phenoxy) is 1. The van der Waals surface area contributed by atoms with Crippen LogP contribution in [0.4, 0.5) is 0 Å². The molecule has 0 radical (unpaired) electrons. The molecule has 1 aliphatic carbocycles. The van der Waals surface area contributed by atoms with E-state index in [-0.39, 0.29) is 11.0 Å². The van der Waals surface area contributed by atoms with Crippen LogP contribution in [0.2, 0.25) is 0 Å². The van der Waals surface area contributed by atoms with Crippen molar-refractivity contribution in [1.29, 1.82) is 0 Å². The molecule has 0 amide bonds. The molecule has 5 rings (SSSR count). The smallest absolute Gasteiger partial charge is 0.260 e. The zero-order chi connectivity index (χ0) is 22.3. The predicted molar refractivity (Wildman–Crippen MR) is 131 cm³/mol. The van der Waals surface area contributed by atoms with E-state index in [1.54, 1.807) is 11.3 Å². The standard InChI is InChI=1S/C27H28N2O2S/c1-27(2,3)19-12-13-21-22(15-19)32-26-23(21)25(30)28-24(29-26)18-10-7-11-20(14-18)31-16-17-8-5-4-6-9-17/h4-11,14,19H,12-13,15-16H2,1-3H3,(H,28,29,30). The number of aromatic nitrogens is 2. The summed E-state index contributed by atoms with van der Waals surface area (Å²) in [5.74, 6) is 1.99. The van der Waals surface area contributed by atoms with E-state index in [0.29, 0.717) is 18.3 Å². The highest BCUT2D eigenvalue weighted by molar-refractivity contribution is 7.18. The van der Waals surface area contributed by atoms with Crippen molar-refractivity contribution in [2.24, 2.45) is 11.3 Å². The lowest BCUT2D eigenvalue weighted by Gasteiger charge is -2.33. The Hall–Kier alpha value is -2.92. The van der Waals surface area contributed by atoms with Crippen LogP contribution >= 0.6 is 11.3 Å². The summed E-state index contributed by atoms with van der Waals surface area (Å²) in [6.45, 7) is 7.43. The van der Waals surface area contributed by atoms with Gasteiger partial charge in [0.2, 0.25) is 0 Å². The van der Waals surface area contributed by atoms with Gasteiger partial charge in [-0.3, -0.25) is 4.79 Å². The zero-order valence-electron chi connectivity index (χ0n) is 18.8. The van der Waals surface area contributed by atoms with Crippen molar-refractivity contribution < 1.29 is 4.74 Å². The fourth-order valence-electron chi connectivity index (χ4n) is 4.53. The van der Waals surface area contributed by atoms with Gasteiger partial charge in [0.15, 0.2) is 0 Å². The molecule has 4 nitrogen and oxygen atoms in total. The third-order valence-corrected chi connectivity index (χ3v) is 7.65. The van der Waals surface area contributed by atoms with E-state index in [2.05, 4.69) is 25.8 Å². The van der Waals surface area contributed by atoms with Crippen LogP contribution in [0.3, 0.4) is 0 Å². The molecule has 0 saturated heterocycles. The van der Waals surface area contributed by atoms with Gasteiger partial charge in [-0.1, -0.05) is 63.2 Å². The van der Waals surface area contributed by atoms with Gasteiger partial charge in [-0.25, -0.2) is 4.98 Å². The number of thiophene rings is 1. The van der Waals surface area contributed by atoms with Gasteiger partial charge < -0.3 is 9.72 Å². The number of rotatable bonds is 4. The second kappa shape index (κ2) is 8.21. The molecular formula is C27H28N2O2S. The number of hydrogen-bond acceptors (Lipinski definition) is 4. The predicted octanol–water partition coefficient (Wildman–Crippen LogP) is 6.38. The normalized spacial score (nSPS) is 16.2. The first-order valence-electron chi connectivity index (χ1n) is 11.2. The Bertz CT molecular complexity index is 1320. The van der Waals surface area contributed by atoms with Crippen molar-refractivity contribution in [3.8, 4) is 17.1 Å².